The van der Waals surface area contributed by atoms with Crippen molar-refractivity contribution in [3.63, 3.8) is 0 Å². The number of aryl methyl sites for hydroxylation is 1. The van der Waals surface area contributed by atoms with Crippen molar-refractivity contribution in [3.05, 3.63) is 101 Å². The van der Waals surface area contributed by atoms with E-state index in [-0.39, 0.29) is 5.91 Å². The van der Waals surface area contributed by atoms with E-state index in [1.165, 1.54) is 6.08 Å². The van der Waals surface area contributed by atoms with Crippen LogP contribution in [0.3, 0.4) is 0 Å². The largest absolute Gasteiger partial charge is 0.489 e. The summed E-state index contributed by atoms with van der Waals surface area (Å²) >= 11 is 6.07. The van der Waals surface area contributed by atoms with Gasteiger partial charge in [0.1, 0.15) is 12.4 Å². The molecule has 0 aliphatic heterocycles. The predicted molar refractivity (Wildman–Crippen MR) is 111 cm³/mol. The van der Waals surface area contributed by atoms with E-state index in [4.69, 9.17) is 16.3 Å². The molecule has 0 heterocycles. The minimum atomic E-state index is -0.209. The molecule has 1 amide bonds. The average molecular weight is 378 g/mol. The Morgan fingerprint density at radius 2 is 1.78 bits per heavy atom. The molecule has 0 fully saturated rings. The number of hydrogen-bond acceptors (Lipinski definition) is 2. The van der Waals surface area contributed by atoms with Crippen LogP contribution in [0.5, 0.6) is 5.75 Å². The first kappa shape index (κ1) is 18.7. The highest BCUT2D eigenvalue weighted by atomic mass is 35.5. The summed E-state index contributed by atoms with van der Waals surface area (Å²) in [5.41, 5.74) is 3.68. The Labute approximate surface area is 164 Å². The second-order valence-electron chi connectivity index (χ2n) is 6.13. The molecule has 0 radical (unpaired) electrons. The van der Waals surface area contributed by atoms with Crippen LogP contribution in [0.15, 0.2) is 78.9 Å². The molecule has 0 aromatic heterocycles. The van der Waals surface area contributed by atoms with E-state index in [0.29, 0.717) is 17.3 Å². The zero-order valence-corrected chi connectivity index (χ0v) is 15.7. The van der Waals surface area contributed by atoms with E-state index in [9.17, 15) is 4.79 Å². The van der Waals surface area contributed by atoms with Crippen LogP contribution in [-0.2, 0) is 11.4 Å². The molecule has 3 rings (SSSR count). The Morgan fingerprint density at radius 1 is 1.04 bits per heavy atom. The number of hydrogen-bond donors (Lipinski definition) is 1. The fourth-order valence-electron chi connectivity index (χ4n) is 2.44. The van der Waals surface area contributed by atoms with Gasteiger partial charge in [-0.1, -0.05) is 60.1 Å². The number of benzene rings is 3. The molecule has 0 spiro atoms. The second-order valence-corrected chi connectivity index (χ2v) is 6.54. The Kier molecular flexibility index (Phi) is 6.29. The maximum absolute atomic E-state index is 12.0. The van der Waals surface area contributed by atoms with Crippen LogP contribution in [0.1, 0.15) is 16.7 Å². The van der Waals surface area contributed by atoms with Gasteiger partial charge in [0, 0.05) is 16.8 Å². The Morgan fingerprint density at radius 3 is 2.48 bits per heavy atom. The number of anilines is 1. The molecule has 4 heteroatoms. The smallest absolute Gasteiger partial charge is 0.248 e. The third-order valence-electron chi connectivity index (χ3n) is 3.99. The number of rotatable bonds is 6. The molecule has 27 heavy (non-hydrogen) atoms. The molecule has 0 bridgehead atoms. The van der Waals surface area contributed by atoms with Crippen LogP contribution in [0.4, 0.5) is 5.69 Å². The van der Waals surface area contributed by atoms with Gasteiger partial charge in [0.25, 0.3) is 0 Å². The van der Waals surface area contributed by atoms with Crippen molar-refractivity contribution in [1.82, 2.24) is 0 Å². The summed E-state index contributed by atoms with van der Waals surface area (Å²) in [6, 6.07) is 23.0. The van der Waals surface area contributed by atoms with Crippen LogP contribution in [0, 0.1) is 6.92 Å². The van der Waals surface area contributed by atoms with E-state index in [1.807, 2.05) is 73.7 Å². The molecule has 0 aliphatic rings. The van der Waals surface area contributed by atoms with Crippen molar-refractivity contribution in [3.8, 4) is 5.75 Å². The van der Waals surface area contributed by atoms with Crippen molar-refractivity contribution < 1.29 is 9.53 Å². The Bertz CT molecular complexity index is 934. The lowest BCUT2D eigenvalue weighted by atomic mass is 10.2. The minimum Gasteiger partial charge on any atom is -0.489 e. The number of nitrogens with one attached hydrogen (secondary N) is 1. The second kappa shape index (κ2) is 9.06. The maximum Gasteiger partial charge on any atom is 0.248 e. The molecule has 3 aromatic carbocycles. The summed E-state index contributed by atoms with van der Waals surface area (Å²) in [6.07, 6.45) is 3.25. The number of ether oxygens (including phenoxy) is 1. The normalized spacial score (nSPS) is 10.7. The summed E-state index contributed by atoms with van der Waals surface area (Å²) in [5, 5.41) is 3.42. The zero-order valence-electron chi connectivity index (χ0n) is 15.0. The number of halogens is 1. The van der Waals surface area contributed by atoms with Gasteiger partial charge in [0.05, 0.1) is 0 Å². The van der Waals surface area contributed by atoms with Crippen molar-refractivity contribution >= 4 is 29.3 Å². The fraction of sp³-hybridized carbons (Fsp3) is 0.0870. The third kappa shape index (κ3) is 5.73. The summed E-state index contributed by atoms with van der Waals surface area (Å²) in [4.78, 5) is 12.0. The van der Waals surface area contributed by atoms with Crippen LogP contribution < -0.4 is 10.1 Å². The van der Waals surface area contributed by atoms with Gasteiger partial charge in [-0.15, -0.1) is 0 Å². The highest BCUT2D eigenvalue weighted by molar-refractivity contribution is 6.31. The standard InChI is InChI=1S/C23H20ClNO2/c1-17-7-11-20(15-22(17)24)25-23(26)14-10-18-8-12-21(13-9-18)27-16-19-5-3-2-4-6-19/h2-15H,16H2,1H3,(H,25,26)/b14-10+. The number of carbonyl (C=O) groups is 1. The summed E-state index contributed by atoms with van der Waals surface area (Å²) < 4.78 is 5.76. The zero-order chi connectivity index (χ0) is 19.1. The van der Waals surface area contributed by atoms with Gasteiger partial charge in [0.2, 0.25) is 5.91 Å². The van der Waals surface area contributed by atoms with E-state index in [1.54, 1.807) is 12.1 Å². The SMILES string of the molecule is Cc1ccc(NC(=O)/C=C/c2ccc(OCc3ccccc3)cc2)cc1Cl. The van der Waals surface area contributed by atoms with Gasteiger partial charge < -0.3 is 10.1 Å². The van der Waals surface area contributed by atoms with Crippen molar-refractivity contribution in [1.29, 1.82) is 0 Å². The molecule has 0 aliphatic carbocycles. The molecular formula is C23H20ClNO2. The molecule has 3 nitrogen and oxygen atoms in total. The maximum atomic E-state index is 12.0. The van der Waals surface area contributed by atoms with Gasteiger partial charge >= 0.3 is 0 Å². The van der Waals surface area contributed by atoms with E-state index < -0.39 is 0 Å². The molecule has 0 atom stereocenters. The monoisotopic (exact) mass is 377 g/mol. The lowest BCUT2D eigenvalue weighted by molar-refractivity contribution is -0.111. The highest BCUT2D eigenvalue weighted by Crippen LogP contribution is 2.20. The van der Waals surface area contributed by atoms with Crippen molar-refractivity contribution in [2.24, 2.45) is 0 Å². The first-order valence-corrected chi connectivity index (χ1v) is 9.00. The lowest BCUT2D eigenvalue weighted by Crippen LogP contribution is -2.07. The summed E-state index contributed by atoms with van der Waals surface area (Å²) in [5.74, 6) is 0.578. The van der Waals surface area contributed by atoms with Gasteiger partial charge in [-0.3, -0.25) is 4.79 Å². The van der Waals surface area contributed by atoms with Gasteiger partial charge in [-0.05, 0) is 54.0 Å². The molecule has 136 valence electrons. The molecular weight excluding hydrogens is 358 g/mol. The molecule has 0 saturated heterocycles. The average Bonchev–Trinajstić information content (AvgIpc) is 2.69. The quantitative estimate of drug-likeness (QED) is 0.545. The molecule has 0 saturated carbocycles. The number of amides is 1. The summed E-state index contributed by atoms with van der Waals surface area (Å²) in [6.45, 7) is 2.44. The van der Waals surface area contributed by atoms with Gasteiger partial charge in [-0.25, -0.2) is 0 Å². The van der Waals surface area contributed by atoms with Crippen LogP contribution in [-0.4, -0.2) is 5.91 Å². The third-order valence-corrected chi connectivity index (χ3v) is 4.40. The van der Waals surface area contributed by atoms with Gasteiger partial charge in [0.15, 0.2) is 0 Å². The highest BCUT2D eigenvalue weighted by Gasteiger charge is 2.01. The van der Waals surface area contributed by atoms with Crippen molar-refractivity contribution in [2.45, 2.75) is 13.5 Å². The fourth-order valence-corrected chi connectivity index (χ4v) is 2.62. The lowest BCUT2D eigenvalue weighted by Gasteiger charge is -2.06. The molecule has 1 N–H and O–H groups in total. The Balaban J connectivity index is 1.53. The predicted octanol–water partition coefficient (Wildman–Crippen LogP) is 5.88. The Hall–Kier alpha value is -3.04. The summed E-state index contributed by atoms with van der Waals surface area (Å²) in [7, 11) is 0. The van der Waals surface area contributed by atoms with Crippen LogP contribution in [0.2, 0.25) is 5.02 Å². The van der Waals surface area contributed by atoms with E-state index in [0.717, 1.165) is 22.4 Å². The first-order chi connectivity index (χ1) is 13.1. The van der Waals surface area contributed by atoms with E-state index in [2.05, 4.69) is 5.32 Å². The topological polar surface area (TPSA) is 38.3 Å². The first-order valence-electron chi connectivity index (χ1n) is 8.62. The van der Waals surface area contributed by atoms with E-state index >= 15 is 0 Å². The molecule has 3 aromatic rings. The van der Waals surface area contributed by atoms with Gasteiger partial charge in [-0.2, -0.15) is 0 Å². The van der Waals surface area contributed by atoms with Crippen molar-refractivity contribution in [2.75, 3.05) is 5.32 Å². The number of carbonyl (C=O) groups excluding carboxylic acids is 1. The van der Waals surface area contributed by atoms with Crippen LogP contribution in [0.25, 0.3) is 6.08 Å². The molecule has 0 unspecified atom stereocenters. The van der Waals surface area contributed by atoms with Crippen LogP contribution >= 0.6 is 11.6 Å². The minimum absolute atomic E-state index is 0.209.